The van der Waals surface area contributed by atoms with Crippen molar-refractivity contribution < 1.29 is 4.79 Å². The molecule has 1 aromatic heterocycles. The fraction of sp³-hybridized carbons (Fsp3) is 0.250. The van der Waals surface area contributed by atoms with Gasteiger partial charge in [-0.15, -0.1) is 0 Å². The molecule has 0 amide bonds. The summed E-state index contributed by atoms with van der Waals surface area (Å²) in [4.78, 5) is 44.1. The zero-order valence-electron chi connectivity index (χ0n) is 17.3. The van der Waals surface area contributed by atoms with E-state index in [1.807, 2.05) is 44.2 Å². The van der Waals surface area contributed by atoms with Crippen LogP contribution in [-0.2, 0) is 14.1 Å². The van der Waals surface area contributed by atoms with Crippen molar-refractivity contribution in [3.8, 4) is 0 Å². The Hall–Kier alpha value is -3.54. The van der Waals surface area contributed by atoms with Gasteiger partial charge in [-0.3, -0.25) is 18.7 Å². The van der Waals surface area contributed by atoms with Gasteiger partial charge in [-0.25, -0.2) is 9.79 Å². The van der Waals surface area contributed by atoms with E-state index in [0.29, 0.717) is 22.7 Å². The van der Waals surface area contributed by atoms with Crippen molar-refractivity contribution in [3.63, 3.8) is 0 Å². The second-order valence-corrected chi connectivity index (χ2v) is 8.23. The molecule has 6 nitrogen and oxygen atoms in total. The average Bonchev–Trinajstić information content (AvgIpc) is 3.01. The first-order valence-corrected chi connectivity index (χ1v) is 9.90. The van der Waals surface area contributed by atoms with E-state index in [1.54, 1.807) is 13.1 Å². The molecular formula is C24H21N3O3. The molecule has 0 bridgehead atoms. The number of nitrogens with zero attached hydrogens (tertiary/aromatic N) is 3. The van der Waals surface area contributed by atoms with Crippen LogP contribution >= 0.6 is 0 Å². The Kier molecular flexibility index (Phi) is 3.84. The van der Waals surface area contributed by atoms with Gasteiger partial charge in [0.15, 0.2) is 5.78 Å². The number of fused-ring (bicyclic) bond motifs is 4. The molecule has 2 aliphatic rings. The number of aromatic nitrogens is 2. The van der Waals surface area contributed by atoms with Gasteiger partial charge >= 0.3 is 5.69 Å². The number of aryl methyl sites for hydroxylation is 2. The highest BCUT2D eigenvalue weighted by Gasteiger charge is 2.47. The van der Waals surface area contributed by atoms with Crippen LogP contribution in [0.2, 0.25) is 0 Å². The van der Waals surface area contributed by atoms with Crippen LogP contribution in [0, 0.1) is 19.8 Å². The number of aliphatic imine (C=N–C) groups is 1. The zero-order chi connectivity index (χ0) is 21.3. The number of hydrogen-bond acceptors (Lipinski definition) is 4. The maximum absolute atomic E-state index is 13.5. The first kappa shape index (κ1) is 18.5. The summed E-state index contributed by atoms with van der Waals surface area (Å²) >= 11 is 0. The van der Waals surface area contributed by atoms with E-state index >= 15 is 0 Å². The predicted octanol–water partition coefficient (Wildman–Crippen LogP) is 2.78. The fourth-order valence-electron chi connectivity index (χ4n) is 4.92. The number of ketones is 1. The molecule has 0 unspecified atom stereocenters. The van der Waals surface area contributed by atoms with Gasteiger partial charge in [0.25, 0.3) is 5.56 Å². The minimum absolute atomic E-state index is 0.0323. The van der Waals surface area contributed by atoms with Crippen LogP contribution in [0.1, 0.15) is 44.1 Å². The van der Waals surface area contributed by atoms with E-state index in [2.05, 4.69) is 6.07 Å². The molecule has 0 saturated heterocycles. The summed E-state index contributed by atoms with van der Waals surface area (Å²) in [5.41, 5.74) is 4.60. The van der Waals surface area contributed by atoms with Crippen LogP contribution in [0.25, 0.3) is 0 Å². The lowest BCUT2D eigenvalue weighted by Gasteiger charge is -2.30. The van der Waals surface area contributed by atoms with Gasteiger partial charge in [-0.05, 0) is 19.4 Å². The van der Waals surface area contributed by atoms with Crippen LogP contribution in [0.5, 0.6) is 0 Å². The Balaban J connectivity index is 1.92. The fourth-order valence-corrected chi connectivity index (χ4v) is 4.92. The molecule has 30 heavy (non-hydrogen) atoms. The highest BCUT2D eigenvalue weighted by molar-refractivity contribution is 6.30. The topological polar surface area (TPSA) is 73.4 Å². The van der Waals surface area contributed by atoms with Gasteiger partial charge < -0.3 is 0 Å². The van der Waals surface area contributed by atoms with Crippen LogP contribution in [0.3, 0.4) is 0 Å². The number of Topliss-reactive ketones (excluding diaryl/α,β-unsaturated/α-hetero) is 1. The Morgan fingerprint density at radius 3 is 2.13 bits per heavy atom. The molecule has 2 aromatic carbocycles. The van der Waals surface area contributed by atoms with Crippen molar-refractivity contribution in [1.82, 2.24) is 9.13 Å². The summed E-state index contributed by atoms with van der Waals surface area (Å²) in [6, 6.07) is 13.5. The molecular weight excluding hydrogens is 378 g/mol. The monoisotopic (exact) mass is 399 g/mol. The Labute approximate surface area is 173 Å². The highest BCUT2D eigenvalue weighted by atomic mass is 16.2. The molecule has 1 aliphatic carbocycles. The zero-order valence-corrected chi connectivity index (χ0v) is 17.3. The number of benzene rings is 2. The van der Waals surface area contributed by atoms with Crippen molar-refractivity contribution >= 4 is 17.3 Å². The number of hydrogen-bond donors (Lipinski definition) is 0. The molecule has 3 aromatic rings. The second-order valence-electron chi connectivity index (χ2n) is 8.23. The molecule has 0 spiro atoms. The highest BCUT2D eigenvalue weighted by Crippen LogP contribution is 2.46. The molecule has 0 radical (unpaired) electrons. The van der Waals surface area contributed by atoms with E-state index < -0.39 is 23.1 Å². The number of carbonyl (C=O) groups excluding carboxylic acids is 1. The van der Waals surface area contributed by atoms with Gasteiger partial charge in [0.2, 0.25) is 0 Å². The Morgan fingerprint density at radius 1 is 0.833 bits per heavy atom. The SMILES string of the molecule is Cc1cc(C)cc([C@H]2c3c(n(C)c(=O)n(C)c3=O)N=C3c4ccccc4C(=O)[C@H]32)c1. The minimum atomic E-state index is -0.582. The van der Waals surface area contributed by atoms with Gasteiger partial charge in [0.05, 0.1) is 17.2 Å². The molecule has 2 heterocycles. The summed E-state index contributed by atoms with van der Waals surface area (Å²) in [6.45, 7) is 4.00. The van der Waals surface area contributed by atoms with E-state index in [1.165, 1.54) is 11.6 Å². The third-order valence-electron chi connectivity index (χ3n) is 6.19. The van der Waals surface area contributed by atoms with E-state index in [-0.39, 0.29) is 5.78 Å². The maximum Gasteiger partial charge on any atom is 0.332 e. The van der Waals surface area contributed by atoms with Gasteiger partial charge in [-0.2, -0.15) is 0 Å². The lowest BCUT2D eigenvalue weighted by atomic mass is 9.76. The van der Waals surface area contributed by atoms with Crippen molar-refractivity contribution in [3.05, 3.63) is 96.7 Å². The van der Waals surface area contributed by atoms with Crippen LogP contribution in [0.4, 0.5) is 5.82 Å². The molecule has 150 valence electrons. The smallest absolute Gasteiger partial charge is 0.293 e. The second kappa shape index (κ2) is 6.23. The number of carbonyl (C=O) groups is 1. The predicted molar refractivity (Wildman–Crippen MR) is 115 cm³/mol. The maximum atomic E-state index is 13.5. The summed E-state index contributed by atoms with van der Waals surface area (Å²) in [7, 11) is 3.08. The first-order chi connectivity index (χ1) is 14.3. The normalized spacial score (nSPS) is 19.2. The standard InChI is InChI=1S/C24H21N3O3/c1-12-9-13(2)11-14(10-12)17-18-20(15-7-5-6-8-16(15)21(18)28)25-22-19(17)23(29)27(4)24(30)26(22)3/h5-11,17-18H,1-4H3/t17-,18+/m1/s1. The molecule has 0 saturated carbocycles. The van der Waals surface area contributed by atoms with E-state index in [4.69, 9.17) is 4.99 Å². The molecule has 0 fully saturated rings. The summed E-state index contributed by atoms with van der Waals surface area (Å²) in [5.74, 6) is -0.782. The molecule has 5 rings (SSSR count). The van der Waals surface area contributed by atoms with Gasteiger partial charge in [0.1, 0.15) is 5.82 Å². The van der Waals surface area contributed by atoms with Crippen molar-refractivity contribution in [1.29, 1.82) is 0 Å². The first-order valence-electron chi connectivity index (χ1n) is 9.90. The third kappa shape index (κ3) is 2.36. The van der Waals surface area contributed by atoms with Crippen LogP contribution < -0.4 is 11.2 Å². The quantitative estimate of drug-likeness (QED) is 0.632. The molecule has 1 aliphatic heterocycles. The van der Waals surface area contributed by atoms with Crippen molar-refractivity contribution in [2.45, 2.75) is 19.8 Å². The Morgan fingerprint density at radius 2 is 1.47 bits per heavy atom. The van der Waals surface area contributed by atoms with Gasteiger partial charge in [-0.1, -0.05) is 53.6 Å². The molecule has 6 heteroatoms. The summed E-state index contributed by atoms with van der Waals surface area (Å²) < 4.78 is 2.50. The van der Waals surface area contributed by atoms with Gasteiger partial charge in [0, 0.05) is 31.1 Å². The lowest BCUT2D eigenvalue weighted by molar-refractivity contribution is 0.0953. The Bertz CT molecular complexity index is 1390. The van der Waals surface area contributed by atoms with E-state index in [0.717, 1.165) is 26.8 Å². The van der Waals surface area contributed by atoms with Crippen molar-refractivity contribution in [2.75, 3.05) is 0 Å². The van der Waals surface area contributed by atoms with Crippen LogP contribution in [-0.4, -0.2) is 20.6 Å². The average molecular weight is 399 g/mol. The minimum Gasteiger partial charge on any atom is -0.293 e. The van der Waals surface area contributed by atoms with Crippen LogP contribution in [0.15, 0.2) is 57.0 Å². The third-order valence-corrected chi connectivity index (χ3v) is 6.19. The number of rotatable bonds is 1. The lowest BCUT2D eigenvalue weighted by Crippen LogP contribution is -2.43. The summed E-state index contributed by atoms with van der Waals surface area (Å²) in [6.07, 6.45) is 0. The van der Waals surface area contributed by atoms with Crippen molar-refractivity contribution in [2.24, 2.45) is 25.0 Å². The molecule has 0 N–H and O–H groups in total. The van der Waals surface area contributed by atoms with E-state index in [9.17, 15) is 14.4 Å². The summed E-state index contributed by atoms with van der Waals surface area (Å²) in [5, 5.41) is 0. The largest absolute Gasteiger partial charge is 0.332 e. The molecule has 2 atom stereocenters.